The Morgan fingerprint density at radius 1 is 1.36 bits per heavy atom. The minimum Gasteiger partial charge on any atom is -0.258 e. The minimum absolute atomic E-state index is 0.486. The summed E-state index contributed by atoms with van der Waals surface area (Å²) in [6, 6.07) is 0. The lowest BCUT2D eigenvalue weighted by molar-refractivity contribution is 1.05. The number of rotatable bonds is 0. The lowest BCUT2D eigenvalue weighted by Gasteiger charge is -1.93. The van der Waals surface area contributed by atoms with Gasteiger partial charge in [0.2, 0.25) is 4.73 Å². The molecule has 0 N–H and O–H groups in total. The van der Waals surface area contributed by atoms with Gasteiger partial charge in [-0.2, -0.15) is 0 Å². The van der Waals surface area contributed by atoms with Gasteiger partial charge in [-0.1, -0.05) is 11.6 Å². The lowest BCUT2D eigenvalue weighted by atomic mass is 10.7. The summed E-state index contributed by atoms with van der Waals surface area (Å²) in [6.07, 6.45) is 3.12. The summed E-state index contributed by atoms with van der Waals surface area (Å²) in [5.74, 6) is 0. The maximum atomic E-state index is 5.79. The van der Waals surface area contributed by atoms with Gasteiger partial charge >= 0.3 is 0 Å². The van der Waals surface area contributed by atoms with Crippen LogP contribution in [0, 0.1) is 0 Å². The Morgan fingerprint density at radius 2 is 2.18 bits per heavy atom. The molecule has 4 nitrogen and oxygen atoms in total. The van der Waals surface area contributed by atoms with Crippen molar-refractivity contribution in [3.8, 4) is 0 Å². The van der Waals surface area contributed by atoms with Crippen molar-refractivity contribution in [3.63, 3.8) is 0 Å². The van der Waals surface area contributed by atoms with Gasteiger partial charge in [0.1, 0.15) is 5.15 Å². The molecule has 0 aliphatic rings. The van der Waals surface area contributed by atoms with E-state index >= 15 is 0 Å². The van der Waals surface area contributed by atoms with Gasteiger partial charge in [-0.3, -0.25) is 9.38 Å². The zero-order valence-corrected chi connectivity index (χ0v) is 7.54. The number of hydrogen-bond acceptors (Lipinski definition) is 3. The third-order valence-corrected chi connectivity index (χ3v) is 2.01. The van der Waals surface area contributed by atoms with E-state index in [1.807, 2.05) is 0 Å². The number of hydrogen-bond donors (Lipinski definition) is 0. The summed E-state index contributed by atoms with van der Waals surface area (Å²) < 4.78 is 2.23. The van der Waals surface area contributed by atoms with Crippen LogP contribution in [0.5, 0.6) is 0 Å². The predicted molar refractivity (Wildman–Crippen MR) is 43.5 cm³/mol. The largest absolute Gasteiger partial charge is 0.258 e. The highest BCUT2D eigenvalue weighted by Gasteiger charge is 2.04. The normalized spacial score (nSPS) is 10.7. The number of fused-ring (bicyclic) bond motifs is 1. The summed E-state index contributed by atoms with van der Waals surface area (Å²) >= 11 is 8.99. The first kappa shape index (κ1) is 7.00. The second-order valence-electron chi connectivity index (χ2n) is 1.89. The average Bonchev–Trinajstić information content (AvgIpc) is 2.34. The molecule has 0 atom stereocenters. The lowest BCUT2D eigenvalue weighted by Crippen LogP contribution is -1.87. The Morgan fingerprint density at radius 3 is 2.91 bits per heavy atom. The van der Waals surface area contributed by atoms with E-state index in [0.29, 0.717) is 15.5 Å². The van der Waals surface area contributed by atoms with Gasteiger partial charge in [0.15, 0.2) is 5.65 Å². The molecule has 56 valence electrons. The van der Waals surface area contributed by atoms with E-state index in [0.717, 1.165) is 0 Å². The highest BCUT2D eigenvalue weighted by molar-refractivity contribution is 9.10. The minimum atomic E-state index is 0.486. The maximum absolute atomic E-state index is 5.79. The molecule has 2 aromatic rings. The number of nitrogens with zero attached hydrogens (tertiary/aromatic N) is 4. The van der Waals surface area contributed by atoms with Crippen molar-refractivity contribution < 1.29 is 0 Å². The van der Waals surface area contributed by atoms with Crippen molar-refractivity contribution >= 4 is 33.2 Å². The van der Waals surface area contributed by atoms with E-state index in [4.69, 9.17) is 11.6 Å². The zero-order valence-electron chi connectivity index (χ0n) is 5.20. The van der Waals surface area contributed by atoms with Gasteiger partial charge < -0.3 is 0 Å². The van der Waals surface area contributed by atoms with Gasteiger partial charge in [0.05, 0.1) is 12.4 Å². The fourth-order valence-electron chi connectivity index (χ4n) is 0.781. The molecule has 0 aliphatic carbocycles. The van der Waals surface area contributed by atoms with Crippen LogP contribution in [0.1, 0.15) is 0 Å². The summed E-state index contributed by atoms with van der Waals surface area (Å²) in [7, 11) is 0. The molecule has 6 heteroatoms. The first-order chi connectivity index (χ1) is 5.29. The average molecular weight is 233 g/mol. The monoisotopic (exact) mass is 232 g/mol. The molecule has 0 unspecified atom stereocenters. The molecule has 0 aliphatic heterocycles. The molecule has 0 saturated carbocycles. The van der Waals surface area contributed by atoms with Crippen LogP contribution in [0.4, 0.5) is 0 Å². The molecular formula is C5H2BrClN4. The van der Waals surface area contributed by atoms with Crippen LogP contribution in [0.3, 0.4) is 0 Å². The Hall–Kier alpha value is -0.680. The Balaban J connectivity index is 2.96. The molecule has 0 bridgehead atoms. The second-order valence-corrected chi connectivity index (χ2v) is 2.99. The summed E-state index contributed by atoms with van der Waals surface area (Å²) in [4.78, 5) is 3.85. The van der Waals surface area contributed by atoms with E-state index in [1.54, 1.807) is 10.6 Å². The van der Waals surface area contributed by atoms with Gasteiger partial charge in [-0.05, 0) is 15.9 Å². The molecule has 0 radical (unpaired) electrons. The van der Waals surface area contributed by atoms with Crippen LogP contribution >= 0.6 is 27.5 Å². The Bertz CT molecular complexity index is 398. The highest BCUT2D eigenvalue weighted by Crippen LogP contribution is 2.14. The van der Waals surface area contributed by atoms with Crippen LogP contribution in [0.2, 0.25) is 5.15 Å². The van der Waals surface area contributed by atoms with Crippen LogP contribution < -0.4 is 0 Å². The van der Waals surface area contributed by atoms with Crippen molar-refractivity contribution in [2.45, 2.75) is 0 Å². The van der Waals surface area contributed by atoms with E-state index in [2.05, 4.69) is 31.1 Å². The van der Waals surface area contributed by atoms with Gasteiger partial charge in [-0.15, -0.1) is 10.2 Å². The van der Waals surface area contributed by atoms with Crippen molar-refractivity contribution in [2.24, 2.45) is 0 Å². The first-order valence-corrected chi connectivity index (χ1v) is 3.96. The predicted octanol–water partition coefficient (Wildman–Crippen LogP) is 1.54. The molecule has 2 rings (SSSR count). The first-order valence-electron chi connectivity index (χ1n) is 2.79. The topological polar surface area (TPSA) is 43.1 Å². The maximum Gasteiger partial charge on any atom is 0.205 e. The molecule has 0 aromatic carbocycles. The molecule has 2 aromatic heterocycles. The van der Waals surface area contributed by atoms with Crippen molar-refractivity contribution in [1.82, 2.24) is 19.6 Å². The molecule has 0 spiro atoms. The van der Waals surface area contributed by atoms with Crippen LogP contribution in [0.15, 0.2) is 17.1 Å². The van der Waals surface area contributed by atoms with E-state index in [9.17, 15) is 0 Å². The van der Waals surface area contributed by atoms with Gasteiger partial charge in [0, 0.05) is 0 Å². The third-order valence-electron chi connectivity index (χ3n) is 1.23. The Kier molecular flexibility index (Phi) is 1.54. The quantitative estimate of drug-likeness (QED) is 0.693. The standard InChI is InChI=1S/C5H2BrClN4/c6-5-10-9-4-2-8-1-3(7)11(4)5/h1-2H. The van der Waals surface area contributed by atoms with Crippen LogP contribution in [-0.4, -0.2) is 19.6 Å². The number of halogens is 2. The highest BCUT2D eigenvalue weighted by atomic mass is 79.9. The fourth-order valence-corrected chi connectivity index (χ4v) is 1.56. The summed E-state index contributed by atoms with van der Waals surface area (Å²) in [6.45, 7) is 0. The third kappa shape index (κ3) is 1.00. The van der Waals surface area contributed by atoms with Gasteiger partial charge in [0.25, 0.3) is 0 Å². The van der Waals surface area contributed by atoms with Crippen molar-refractivity contribution in [3.05, 3.63) is 22.3 Å². The number of aromatic nitrogens is 4. The van der Waals surface area contributed by atoms with Crippen LogP contribution in [0.25, 0.3) is 5.65 Å². The van der Waals surface area contributed by atoms with E-state index in [1.165, 1.54) is 6.20 Å². The molecule has 2 heterocycles. The fraction of sp³-hybridized carbons (Fsp3) is 0. The van der Waals surface area contributed by atoms with Crippen LogP contribution in [-0.2, 0) is 0 Å². The molecular weight excluding hydrogens is 231 g/mol. The second kappa shape index (κ2) is 2.42. The van der Waals surface area contributed by atoms with Crippen molar-refractivity contribution in [1.29, 1.82) is 0 Å². The van der Waals surface area contributed by atoms with E-state index in [-0.39, 0.29) is 0 Å². The van der Waals surface area contributed by atoms with Crippen molar-refractivity contribution in [2.75, 3.05) is 0 Å². The summed E-state index contributed by atoms with van der Waals surface area (Å²) in [5, 5.41) is 8.05. The molecule has 0 amide bonds. The smallest absolute Gasteiger partial charge is 0.205 e. The Labute approximate surface area is 75.3 Å². The molecule has 0 saturated heterocycles. The zero-order chi connectivity index (χ0) is 7.84. The molecule has 0 fully saturated rings. The summed E-state index contributed by atoms with van der Waals surface area (Å²) in [5.41, 5.74) is 0.629. The SMILES string of the molecule is Clc1cncc2nnc(Br)n12. The van der Waals surface area contributed by atoms with E-state index < -0.39 is 0 Å². The molecule has 11 heavy (non-hydrogen) atoms. The van der Waals surface area contributed by atoms with Gasteiger partial charge in [-0.25, -0.2) is 0 Å².